The molecule has 7 nitrogen and oxygen atoms in total. The highest BCUT2D eigenvalue weighted by atomic mass is 35.5. The first-order chi connectivity index (χ1) is 17.7. The number of rotatable bonds is 6. The molecular weight excluding hydrogens is 498 g/mol. The molecule has 2 aliphatic heterocycles. The Labute approximate surface area is 217 Å². The number of hydrogen-bond donors (Lipinski definition) is 0. The van der Waals surface area contributed by atoms with Crippen LogP contribution in [-0.4, -0.2) is 42.6 Å². The summed E-state index contributed by atoms with van der Waals surface area (Å²) in [5.41, 5.74) is 3.55. The highest BCUT2D eigenvalue weighted by Crippen LogP contribution is 2.33. The highest BCUT2D eigenvalue weighted by molar-refractivity contribution is 7.98. The van der Waals surface area contributed by atoms with E-state index in [1.165, 1.54) is 11.8 Å². The van der Waals surface area contributed by atoms with Crippen LogP contribution in [0, 0.1) is 0 Å². The minimum absolute atomic E-state index is 0.0746. The van der Waals surface area contributed by atoms with Crippen LogP contribution >= 0.6 is 23.4 Å². The van der Waals surface area contributed by atoms with Crippen LogP contribution in [0.15, 0.2) is 70.6 Å². The lowest BCUT2D eigenvalue weighted by Crippen LogP contribution is -2.36. The summed E-state index contributed by atoms with van der Waals surface area (Å²) in [7, 11) is 0. The molecule has 0 unspecified atom stereocenters. The molecule has 0 aliphatic carbocycles. The SMILES string of the molecule is O=c1c2cc(N3CCOCC3)ccc2nc(SCc2ccccc2Cl)n1Cc1ccc2c(c1)OCO2. The maximum atomic E-state index is 13.9. The monoisotopic (exact) mass is 521 g/mol. The summed E-state index contributed by atoms with van der Waals surface area (Å²) in [4.78, 5) is 21.0. The van der Waals surface area contributed by atoms with Gasteiger partial charge in [-0.15, -0.1) is 0 Å². The Balaban J connectivity index is 1.40. The molecule has 0 amide bonds. The van der Waals surface area contributed by atoms with E-state index in [9.17, 15) is 4.79 Å². The van der Waals surface area contributed by atoms with Gasteiger partial charge in [-0.25, -0.2) is 4.98 Å². The second-order valence-corrected chi connectivity index (χ2v) is 10.0. The fourth-order valence-electron chi connectivity index (χ4n) is 4.44. The first-order valence-electron chi connectivity index (χ1n) is 11.8. The largest absolute Gasteiger partial charge is 0.454 e. The van der Waals surface area contributed by atoms with Gasteiger partial charge in [0.2, 0.25) is 6.79 Å². The maximum absolute atomic E-state index is 13.9. The number of aromatic nitrogens is 2. The van der Waals surface area contributed by atoms with E-state index in [1.807, 2.05) is 60.7 Å². The molecule has 3 heterocycles. The molecule has 0 radical (unpaired) electrons. The van der Waals surface area contributed by atoms with E-state index in [4.69, 9.17) is 30.8 Å². The van der Waals surface area contributed by atoms with Crippen molar-refractivity contribution in [3.63, 3.8) is 0 Å². The molecule has 0 atom stereocenters. The second kappa shape index (κ2) is 10.0. The van der Waals surface area contributed by atoms with Crippen LogP contribution in [0.5, 0.6) is 11.5 Å². The molecule has 3 aromatic carbocycles. The fourth-order valence-corrected chi connectivity index (χ4v) is 5.72. The third kappa shape index (κ3) is 4.64. The van der Waals surface area contributed by atoms with Gasteiger partial charge >= 0.3 is 0 Å². The van der Waals surface area contributed by atoms with Gasteiger partial charge in [0.15, 0.2) is 16.7 Å². The predicted molar refractivity (Wildman–Crippen MR) is 142 cm³/mol. The van der Waals surface area contributed by atoms with Crippen molar-refractivity contribution in [3.05, 3.63) is 87.2 Å². The van der Waals surface area contributed by atoms with Crippen LogP contribution < -0.4 is 19.9 Å². The molecule has 2 aliphatic rings. The van der Waals surface area contributed by atoms with E-state index < -0.39 is 0 Å². The summed E-state index contributed by atoms with van der Waals surface area (Å²) in [6.45, 7) is 3.54. The van der Waals surface area contributed by atoms with Crippen molar-refractivity contribution in [1.82, 2.24) is 9.55 Å². The van der Waals surface area contributed by atoms with E-state index in [0.717, 1.165) is 29.9 Å². The molecule has 0 spiro atoms. The quantitative estimate of drug-likeness (QED) is 0.262. The third-order valence-electron chi connectivity index (χ3n) is 6.37. The van der Waals surface area contributed by atoms with Gasteiger partial charge in [-0.1, -0.05) is 47.6 Å². The minimum Gasteiger partial charge on any atom is -0.454 e. The normalized spacial score (nSPS) is 15.0. The summed E-state index contributed by atoms with van der Waals surface area (Å²) in [6.07, 6.45) is 0. The van der Waals surface area contributed by atoms with E-state index in [2.05, 4.69) is 4.90 Å². The van der Waals surface area contributed by atoms with Crippen molar-refractivity contribution >= 4 is 40.0 Å². The summed E-state index contributed by atoms with van der Waals surface area (Å²) in [5, 5.41) is 1.94. The molecular formula is C27H24ClN3O4S. The lowest BCUT2D eigenvalue weighted by atomic mass is 10.1. The number of morpholine rings is 1. The number of ether oxygens (including phenoxy) is 3. The maximum Gasteiger partial charge on any atom is 0.262 e. The second-order valence-electron chi connectivity index (χ2n) is 8.65. The van der Waals surface area contributed by atoms with Crippen LogP contribution in [-0.2, 0) is 17.0 Å². The summed E-state index contributed by atoms with van der Waals surface area (Å²) >= 11 is 7.89. The summed E-state index contributed by atoms with van der Waals surface area (Å²) in [6, 6.07) is 19.4. The Bertz CT molecular complexity index is 1490. The molecule has 36 heavy (non-hydrogen) atoms. The molecule has 1 fully saturated rings. The Morgan fingerprint density at radius 2 is 1.81 bits per heavy atom. The van der Waals surface area contributed by atoms with Gasteiger partial charge in [0, 0.05) is 29.6 Å². The zero-order valence-corrected chi connectivity index (χ0v) is 21.1. The molecule has 0 saturated carbocycles. The Morgan fingerprint density at radius 1 is 0.972 bits per heavy atom. The number of halogens is 1. The van der Waals surface area contributed by atoms with Crippen LogP contribution in [0.25, 0.3) is 10.9 Å². The lowest BCUT2D eigenvalue weighted by molar-refractivity contribution is 0.122. The van der Waals surface area contributed by atoms with E-state index in [1.54, 1.807) is 4.57 Å². The minimum atomic E-state index is -0.0746. The first kappa shape index (κ1) is 23.2. The van der Waals surface area contributed by atoms with E-state index >= 15 is 0 Å². The molecule has 1 aromatic heterocycles. The Hall–Kier alpha value is -3.20. The topological polar surface area (TPSA) is 65.8 Å². The third-order valence-corrected chi connectivity index (χ3v) is 7.77. The van der Waals surface area contributed by atoms with Crippen LogP contribution in [0.1, 0.15) is 11.1 Å². The molecule has 4 aromatic rings. The van der Waals surface area contributed by atoms with Gasteiger partial charge in [0.25, 0.3) is 5.56 Å². The number of hydrogen-bond acceptors (Lipinski definition) is 7. The molecule has 9 heteroatoms. The molecule has 6 rings (SSSR count). The highest BCUT2D eigenvalue weighted by Gasteiger charge is 2.18. The summed E-state index contributed by atoms with van der Waals surface area (Å²) in [5.74, 6) is 2.00. The van der Waals surface area contributed by atoms with Crippen molar-refractivity contribution in [3.8, 4) is 11.5 Å². The first-order valence-corrected chi connectivity index (χ1v) is 13.1. The zero-order valence-electron chi connectivity index (χ0n) is 19.5. The standard InChI is InChI=1S/C27H24ClN3O4S/c28-22-4-2-1-3-19(22)16-36-27-29-23-7-6-20(30-9-11-33-12-10-30)14-21(23)26(32)31(27)15-18-5-8-24-25(13-18)35-17-34-24/h1-8,13-14H,9-12,15-17H2. The molecule has 184 valence electrons. The van der Waals surface area contributed by atoms with Gasteiger partial charge in [-0.2, -0.15) is 0 Å². The van der Waals surface area contributed by atoms with Crippen LogP contribution in [0.2, 0.25) is 5.02 Å². The van der Waals surface area contributed by atoms with Gasteiger partial charge in [-0.05, 0) is 47.5 Å². The Morgan fingerprint density at radius 3 is 2.67 bits per heavy atom. The van der Waals surface area contributed by atoms with Crippen molar-refractivity contribution in [2.45, 2.75) is 17.5 Å². The molecule has 1 saturated heterocycles. The van der Waals surface area contributed by atoms with Crippen LogP contribution in [0.4, 0.5) is 5.69 Å². The predicted octanol–water partition coefficient (Wildman–Crippen LogP) is 4.96. The van der Waals surface area contributed by atoms with Crippen molar-refractivity contribution in [2.75, 3.05) is 38.0 Å². The lowest BCUT2D eigenvalue weighted by Gasteiger charge is -2.29. The van der Waals surface area contributed by atoms with Crippen molar-refractivity contribution < 1.29 is 14.2 Å². The smallest absolute Gasteiger partial charge is 0.262 e. The zero-order chi connectivity index (χ0) is 24.5. The van der Waals surface area contributed by atoms with Gasteiger partial charge in [-0.3, -0.25) is 9.36 Å². The van der Waals surface area contributed by atoms with E-state index in [-0.39, 0.29) is 12.4 Å². The number of fused-ring (bicyclic) bond motifs is 2. The van der Waals surface area contributed by atoms with Crippen LogP contribution in [0.3, 0.4) is 0 Å². The van der Waals surface area contributed by atoms with Crippen molar-refractivity contribution in [1.29, 1.82) is 0 Å². The number of thioether (sulfide) groups is 1. The molecule has 0 N–H and O–H groups in total. The van der Waals surface area contributed by atoms with Crippen molar-refractivity contribution in [2.24, 2.45) is 0 Å². The fraction of sp³-hybridized carbons (Fsp3) is 0.259. The average Bonchev–Trinajstić information content (AvgIpc) is 3.38. The van der Waals surface area contributed by atoms with Gasteiger partial charge in [0.1, 0.15) is 0 Å². The number of anilines is 1. The average molecular weight is 522 g/mol. The number of benzene rings is 3. The Kier molecular flexibility index (Phi) is 6.48. The van der Waals surface area contributed by atoms with Gasteiger partial charge < -0.3 is 19.1 Å². The summed E-state index contributed by atoms with van der Waals surface area (Å²) < 4.78 is 18.2. The van der Waals surface area contributed by atoms with E-state index in [0.29, 0.717) is 58.1 Å². The van der Waals surface area contributed by atoms with Gasteiger partial charge in [0.05, 0.1) is 30.7 Å². The molecule has 0 bridgehead atoms. The number of nitrogens with zero attached hydrogens (tertiary/aromatic N) is 3.